The minimum absolute atomic E-state index is 0.339. The van der Waals surface area contributed by atoms with Crippen LogP contribution in [0.25, 0.3) is 10.9 Å². The molecular weight excluding hydrogens is 244 g/mol. The molecule has 1 heterocycles. The monoisotopic (exact) mass is 258 g/mol. The lowest BCUT2D eigenvalue weighted by atomic mass is 10.0. The fourth-order valence-electron chi connectivity index (χ4n) is 2.06. The molecule has 2 rings (SSSR count). The molecule has 0 saturated heterocycles. The van der Waals surface area contributed by atoms with Crippen LogP contribution >= 0.6 is 0 Å². The maximum atomic E-state index is 11.4. The van der Waals surface area contributed by atoms with Crippen LogP contribution in [0.2, 0.25) is 0 Å². The highest BCUT2D eigenvalue weighted by atomic mass is 16.4. The molecule has 0 saturated carbocycles. The van der Waals surface area contributed by atoms with E-state index in [0.29, 0.717) is 18.5 Å². The Kier molecular flexibility index (Phi) is 3.75. The van der Waals surface area contributed by atoms with E-state index in [1.807, 2.05) is 6.07 Å². The van der Waals surface area contributed by atoms with Gasteiger partial charge in [-0.1, -0.05) is 12.1 Å². The highest BCUT2D eigenvalue weighted by Crippen LogP contribution is 2.23. The number of pyridine rings is 1. The van der Waals surface area contributed by atoms with Crippen molar-refractivity contribution in [2.24, 2.45) is 0 Å². The molecule has 0 aliphatic heterocycles. The molecule has 1 N–H and O–H groups in total. The first kappa shape index (κ1) is 13.0. The van der Waals surface area contributed by atoms with E-state index in [-0.39, 0.29) is 0 Å². The first-order valence-electron chi connectivity index (χ1n) is 5.96. The maximum absolute atomic E-state index is 11.4. The molecule has 1 unspecified atom stereocenters. The summed E-state index contributed by atoms with van der Waals surface area (Å²) >= 11 is 0. The van der Waals surface area contributed by atoms with Crippen molar-refractivity contribution < 1.29 is 14.7 Å². The van der Waals surface area contributed by atoms with E-state index < -0.39 is 12.0 Å². The molecule has 0 spiro atoms. The van der Waals surface area contributed by atoms with Crippen molar-refractivity contribution in [3.05, 3.63) is 42.1 Å². The predicted molar refractivity (Wildman–Crippen MR) is 70.6 cm³/mol. The van der Waals surface area contributed by atoms with Crippen LogP contribution < -0.4 is 0 Å². The lowest BCUT2D eigenvalue weighted by Crippen LogP contribution is -2.32. The number of rotatable bonds is 5. The SMILES string of the molecule is CCN(C=O)C(C(=O)O)c1ccc2ncccc2c1. The number of nitrogens with zero attached hydrogens (tertiary/aromatic N) is 2. The molecule has 5 nitrogen and oxygen atoms in total. The van der Waals surface area contributed by atoms with Crippen LogP contribution in [0.1, 0.15) is 18.5 Å². The molecular formula is C14H14N2O3. The molecule has 0 radical (unpaired) electrons. The quantitative estimate of drug-likeness (QED) is 0.831. The summed E-state index contributed by atoms with van der Waals surface area (Å²) in [6.45, 7) is 2.08. The van der Waals surface area contributed by atoms with Gasteiger partial charge in [-0.05, 0) is 30.7 Å². The summed E-state index contributed by atoms with van der Waals surface area (Å²) in [6.07, 6.45) is 2.24. The van der Waals surface area contributed by atoms with Crippen molar-refractivity contribution >= 4 is 23.3 Å². The first-order valence-corrected chi connectivity index (χ1v) is 5.96. The Hall–Kier alpha value is -2.43. The lowest BCUT2D eigenvalue weighted by Gasteiger charge is -2.24. The van der Waals surface area contributed by atoms with E-state index in [1.54, 1.807) is 37.4 Å². The molecule has 0 aliphatic carbocycles. The summed E-state index contributed by atoms with van der Waals surface area (Å²) in [4.78, 5) is 27.8. The van der Waals surface area contributed by atoms with Gasteiger partial charge in [-0.25, -0.2) is 4.79 Å². The normalized spacial score (nSPS) is 12.1. The molecule has 1 amide bonds. The van der Waals surface area contributed by atoms with Crippen LogP contribution in [0.3, 0.4) is 0 Å². The highest BCUT2D eigenvalue weighted by molar-refractivity contribution is 5.83. The third-order valence-electron chi connectivity index (χ3n) is 3.01. The first-order chi connectivity index (χ1) is 9.17. The standard InChI is InChI=1S/C14H14N2O3/c1-2-16(9-17)13(14(18)19)11-5-6-12-10(8-11)4-3-7-15-12/h3-9,13H,2H2,1H3,(H,18,19). The van der Waals surface area contributed by atoms with Gasteiger partial charge in [0.05, 0.1) is 5.52 Å². The zero-order chi connectivity index (χ0) is 13.8. The van der Waals surface area contributed by atoms with Gasteiger partial charge in [-0.3, -0.25) is 9.78 Å². The lowest BCUT2D eigenvalue weighted by molar-refractivity contribution is -0.146. The van der Waals surface area contributed by atoms with Gasteiger partial charge in [0, 0.05) is 18.1 Å². The van der Waals surface area contributed by atoms with Gasteiger partial charge < -0.3 is 10.0 Å². The number of hydrogen-bond acceptors (Lipinski definition) is 3. The number of carbonyl (C=O) groups is 2. The van der Waals surface area contributed by atoms with E-state index in [1.165, 1.54) is 4.90 Å². The fraction of sp³-hybridized carbons (Fsp3) is 0.214. The molecule has 0 bridgehead atoms. The molecule has 5 heteroatoms. The molecule has 2 aromatic rings. The van der Waals surface area contributed by atoms with Crippen molar-refractivity contribution in [3.63, 3.8) is 0 Å². The van der Waals surface area contributed by atoms with E-state index in [4.69, 9.17) is 0 Å². The van der Waals surface area contributed by atoms with Crippen molar-refractivity contribution in [1.29, 1.82) is 0 Å². The molecule has 1 atom stereocenters. The molecule has 19 heavy (non-hydrogen) atoms. The van der Waals surface area contributed by atoms with Gasteiger partial charge in [-0.15, -0.1) is 0 Å². The molecule has 0 fully saturated rings. The number of aromatic nitrogens is 1. The minimum Gasteiger partial charge on any atom is -0.479 e. The summed E-state index contributed by atoms with van der Waals surface area (Å²) in [6, 6.07) is 7.90. The Labute approximate surface area is 110 Å². The third-order valence-corrected chi connectivity index (χ3v) is 3.01. The Bertz CT molecular complexity index is 612. The summed E-state index contributed by atoms with van der Waals surface area (Å²) in [7, 11) is 0. The number of carbonyl (C=O) groups excluding carboxylic acids is 1. The summed E-state index contributed by atoms with van der Waals surface area (Å²) < 4.78 is 0. The summed E-state index contributed by atoms with van der Waals surface area (Å²) in [5, 5.41) is 10.2. The van der Waals surface area contributed by atoms with Gasteiger partial charge in [-0.2, -0.15) is 0 Å². The second-order valence-corrected chi connectivity index (χ2v) is 4.13. The van der Waals surface area contributed by atoms with E-state index in [0.717, 1.165) is 10.9 Å². The van der Waals surface area contributed by atoms with Crippen LogP contribution in [0.5, 0.6) is 0 Å². The Balaban J connectivity index is 2.50. The van der Waals surface area contributed by atoms with Crippen LogP contribution in [0.4, 0.5) is 0 Å². The second kappa shape index (κ2) is 5.48. The smallest absolute Gasteiger partial charge is 0.331 e. The van der Waals surface area contributed by atoms with Gasteiger partial charge in [0.2, 0.25) is 6.41 Å². The number of carboxylic acid groups (broad SMARTS) is 1. The average molecular weight is 258 g/mol. The third kappa shape index (κ3) is 2.54. The largest absolute Gasteiger partial charge is 0.479 e. The Morgan fingerprint density at radius 3 is 2.89 bits per heavy atom. The number of carboxylic acids is 1. The zero-order valence-corrected chi connectivity index (χ0v) is 10.5. The molecule has 1 aromatic carbocycles. The highest BCUT2D eigenvalue weighted by Gasteiger charge is 2.25. The summed E-state index contributed by atoms with van der Waals surface area (Å²) in [5.74, 6) is -1.04. The van der Waals surface area contributed by atoms with Gasteiger partial charge in [0.1, 0.15) is 0 Å². The van der Waals surface area contributed by atoms with E-state index in [9.17, 15) is 14.7 Å². The second-order valence-electron chi connectivity index (χ2n) is 4.13. The number of aliphatic carboxylic acids is 1. The average Bonchev–Trinajstić information content (AvgIpc) is 2.43. The number of benzene rings is 1. The van der Waals surface area contributed by atoms with Crippen LogP contribution in [0.15, 0.2) is 36.5 Å². The van der Waals surface area contributed by atoms with Gasteiger partial charge >= 0.3 is 5.97 Å². The molecule has 0 aliphatic rings. The fourth-order valence-corrected chi connectivity index (χ4v) is 2.06. The Morgan fingerprint density at radius 2 is 2.26 bits per heavy atom. The maximum Gasteiger partial charge on any atom is 0.331 e. The molecule has 98 valence electrons. The van der Waals surface area contributed by atoms with E-state index in [2.05, 4.69) is 4.98 Å². The van der Waals surface area contributed by atoms with Crippen molar-refractivity contribution in [1.82, 2.24) is 9.88 Å². The number of fused-ring (bicyclic) bond motifs is 1. The number of hydrogen-bond donors (Lipinski definition) is 1. The van der Waals surface area contributed by atoms with Gasteiger partial charge in [0.15, 0.2) is 6.04 Å². The van der Waals surface area contributed by atoms with Crippen LogP contribution in [-0.4, -0.2) is 33.9 Å². The summed E-state index contributed by atoms with van der Waals surface area (Å²) in [5.41, 5.74) is 1.37. The topological polar surface area (TPSA) is 70.5 Å². The van der Waals surface area contributed by atoms with Crippen molar-refractivity contribution in [2.75, 3.05) is 6.54 Å². The zero-order valence-electron chi connectivity index (χ0n) is 10.5. The van der Waals surface area contributed by atoms with Crippen molar-refractivity contribution in [2.45, 2.75) is 13.0 Å². The van der Waals surface area contributed by atoms with Gasteiger partial charge in [0.25, 0.3) is 0 Å². The molecule has 1 aromatic heterocycles. The van der Waals surface area contributed by atoms with Crippen LogP contribution in [0, 0.1) is 0 Å². The van der Waals surface area contributed by atoms with Crippen molar-refractivity contribution in [3.8, 4) is 0 Å². The predicted octanol–water partition coefficient (Wildman–Crippen LogP) is 1.84. The number of amides is 1. The van der Waals surface area contributed by atoms with Crippen LogP contribution in [-0.2, 0) is 9.59 Å². The number of likely N-dealkylation sites (N-methyl/N-ethyl adjacent to an activating group) is 1. The van der Waals surface area contributed by atoms with E-state index >= 15 is 0 Å². The minimum atomic E-state index is -1.04. The Morgan fingerprint density at radius 1 is 1.47 bits per heavy atom.